The van der Waals surface area contributed by atoms with Crippen LogP contribution in [0.5, 0.6) is 0 Å². The zero-order chi connectivity index (χ0) is 12.1. The lowest BCUT2D eigenvalue weighted by Crippen LogP contribution is -2.46. The van der Waals surface area contributed by atoms with E-state index in [1.165, 1.54) is 0 Å². The number of Topliss-reactive ketones (excluding diaryl/α,β-unsaturated/α-hetero) is 1. The van der Waals surface area contributed by atoms with Crippen LogP contribution >= 0.6 is 0 Å². The molecule has 0 aliphatic rings. The van der Waals surface area contributed by atoms with Crippen LogP contribution in [-0.2, 0) is 4.79 Å². The molecule has 0 aromatic carbocycles. The minimum absolute atomic E-state index is 0.221. The van der Waals surface area contributed by atoms with Crippen molar-refractivity contribution in [2.75, 3.05) is 0 Å². The first kappa shape index (κ1) is 14.6. The fourth-order valence-corrected chi connectivity index (χ4v) is 1.48. The van der Waals surface area contributed by atoms with Crippen LogP contribution in [-0.4, -0.2) is 11.4 Å². The number of carbonyl (C=O) groups excluding carboxylic acids is 1. The topological polar surface area (TPSA) is 69.1 Å². The van der Waals surface area contributed by atoms with E-state index in [0.29, 0.717) is 12.8 Å². The van der Waals surface area contributed by atoms with E-state index in [9.17, 15) is 4.79 Å². The molecule has 0 radical (unpaired) electrons. The van der Waals surface area contributed by atoms with Gasteiger partial charge < -0.3 is 11.5 Å². The molecule has 0 spiro atoms. The van der Waals surface area contributed by atoms with E-state index >= 15 is 0 Å². The van der Waals surface area contributed by atoms with Gasteiger partial charge in [0.25, 0.3) is 0 Å². The molecule has 0 saturated heterocycles. The Labute approximate surface area is 93.6 Å². The molecular formula is C12H26N2O. The van der Waals surface area contributed by atoms with Crippen molar-refractivity contribution < 1.29 is 4.79 Å². The summed E-state index contributed by atoms with van der Waals surface area (Å²) in [6.07, 6.45) is 4.22. The van der Waals surface area contributed by atoms with Crippen molar-refractivity contribution in [3.05, 3.63) is 0 Å². The van der Waals surface area contributed by atoms with Crippen molar-refractivity contribution in [1.29, 1.82) is 0 Å². The van der Waals surface area contributed by atoms with E-state index in [1.807, 2.05) is 13.8 Å². The predicted molar refractivity (Wildman–Crippen MR) is 64.3 cm³/mol. The Hall–Kier alpha value is -0.410. The quantitative estimate of drug-likeness (QED) is 0.638. The molecule has 0 aromatic rings. The van der Waals surface area contributed by atoms with Crippen molar-refractivity contribution >= 4 is 5.78 Å². The van der Waals surface area contributed by atoms with Crippen LogP contribution in [0, 0.1) is 5.41 Å². The Morgan fingerprint density at radius 1 is 1.13 bits per heavy atom. The first-order chi connectivity index (χ1) is 6.69. The van der Waals surface area contributed by atoms with Crippen LogP contribution in [0.3, 0.4) is 0 Å². The van der Waals surface area contributed by atoms with Crippen molar-refractivity contribution in [2.45, 2.75) is 65.5 Å². The van der Waals surface area contributed by atoms with Crippen molar-refractivity contribution in [2.24, 2.45) is 16.9 Å². The molecule has 3 heteroatoms. The average molecular weight is 214 g/mol. The molecule has 15 heavy (non-hydrogen) atoms. The molecule has 0 saturated carbocycles. The van der Waals surface area contributed by atoms with Gasteiger partial charge in [-0.3, -0.25) is 4.79 Å². The fraction of sp³-hybridized carbons (Fsp3) is 0.917. The van der Waals surface area contributed by atoms with E-state index in [-0.39, 0.29) is 11.2 Å². The first-order valence-electron chi connectivity index (χ1n) is 5.80. The maximum absolute atomic E-state index is 11.9. The van der Waals surface area contributed by atoms with Crippen molar-refractivity contribution in [1.82, 2.24) is 0 Å². The number of hydrogen-bond acceptors (Lipinski definition) is 3. The number of hydrogen-bond donors (Lipinski definition) is 2. The van der Waals surface area contributed by atoms with E-state index in [2.05, 4.69) is 6.92 Å². The zero-order valence-electron chi connectivity index (χ0n) is 10.6. The zero-order valence-corrected chi connectivity index (χ0v) is 10.6. The summed E-state index contributed by atoms with van der Waals surface area (Å²) in [6.45, 7) is 7.90. The average Bonchev–Trinajstić information content (AvgIpc) is 2.09. The summed E-state index contributed by atoms with van der Waals surface area (Å²) in [5.74, 6) is 0.276. The Morgan fingerprint density at radius 3 is 2.07 bits per heavy atom. The molecular weight excluding hydrogens is 188 g/mol. The first-order valence-corrected chi connectivity index (χ1v) is 5.80. The molecule has 0 heterocycles. The molecule has 0 aliphatic carbocycles. The summed E-state index contributed by atoms with van der Waals surface area (Å²) < 4.78 is 0. The van der Waals surface area contributed by atoms with Gasteiger partial charge in [-0.05, 0) is 19.8 Å². The van der Waals surface area contributed by atoms with Crippen LogP contribution in [0.4, 0.5) is 0 Å². The monoisotopic (exact) mass is 214 g/mol. The van der Waals surface area contributed by atoms with Gasteiger partial charge in [-0.15, -0.1) is 0 Å². The van der Waals surface area contributed by atoms with Gasteiger partial charge in [0.1, 0.15) is 5.78 Å². The van der Waals surface area contributed by atoms with Gasteiger partial charge in [0, 0.05) is 11.8 Å². The second-order valence-corrected chi connectivity index (χ2v) is 5.42. The second kappa shape index (κ2) is 5.61. The van der Waals surface area contributed by atoms with Crippen LogP contribution in [0.2, 0.25) is 0 Å². The second-order valence-electron chi connectivity index (χ2n) is 5.42. The summed E-state index contributed by atoms with van der Waals surface area (Å²) >= 11 is 0. The highest BCUT2D eigenvalue weighted by Crippen LogP contribution is 2.26. The third-order valence-corrected chi connectivity index (χ3v) is 2.80. The standard InChI is InChI=1S/C12H26N2O/c1-5-6-8-11(2,3)10(15)7-9-12(4,13)14/h5-9,13-14H2,1-4H3. The summed E-state index contributed by atoms with van der Waals surface area (Å²) in [7, 11) is 0. The maximum atomic E-state index is 11.9. The van der Waals surface area contributed by atoms with Gasteiger partial charge >= 0.3 is 0 Å². The molecule has 0 aliphatic heterocycles. The summed E-state index contributed by atoms with van der Waals surface area (Å²) in [4.78, 5) is 11.9. The molecule has 3 nitrogen and oxygen atoms in total. The Balaban J connectivity index is 4.08. The molecule has 0 bridgehead atoms. The number of rotatable bonds is 7. The molecule has 0 amide bonds. The van der Waals surface area contributed by atoms with Gasteiger partial charge in [-0.25, -0.2) is 0 Å². The van der Waals surface area contributed by atoms with Gasteiger partial charge in [-0.1, -0.05) is 33.6 Å². The molecule has 0 aromatic heterocycles. The lowest BCUT2D eigenvalue weighted by atomic mass is 9.80. The number of unbranched alkanes of at least 4 members (excludes halogenated alkanes) is 1. The molecule has 0 unspecified atom stereocenters. The van der Waals surface area contributed by atoms with Crippen molar-refractivity contribution in [3.8, 4) is 0 Å². The molecule has 4 N–H and O–H groups in total. The lowest BCUT2D eigenvalue weighted by Gasteiger charge is -2.25. The highest BCUT2D eigenvalue weighted by molar-refractivity contribution is 5.84. The van der Waals surface area contributed by atoms with Crippen LogP contribution in [0.1, 0.15) is 59.8 Å². The summed E-state index contributed by atoms with van der Waals surface area (Å²) in [5, 5.41) is 0. The highest BCUT2D eigenvalue weighted by atomic mass is 16.1. The Kier molecular flexibility index (Phi) is 5.46. The third kappa shape index (κ3) is 6.63. The molecule has 90 valence electrons. The predicted octanol–water partition coefficient (Wildman–Crippen LogP) is 2.19. The van der Waals surface area contributed by atoms with Gasteiger partial charge in [0.2, 0.25) is 0 Å². The minimum atomic E-state index is -0.726. The SMILES string of the molecule is CCCCC(C)(C)C(=O)CCC(C)(N)N. The van der Waals surface area contributed by atoms with Gasteiger partial charge in [0.05, 0.1) is 5.66 Å². The molecule has 0 fully saturated rings. The Bertz CT molecular complexity index is 204. The van der Waals surface area contributed by atoms with E-state index in [0.717, 1.165) is 19.3 Å². The molecule has 0 atom stereocenters. The van der Waals surface area contributed by atoms with Crippen LogP contribution < -0.4 is 11.5 Å². The lowest BCUT2D eigenvalue weighted by molar-refractivity contribution is -0.127. The van der Waals surface area contributed by atoms with Crippen LogP contribution in [0.25, 0.3) is 0 Å². The fourth-order valence-electron chi connectivity index (χ4n) is 1.48. The summed E-state index contributed by atoms with van der Waals surface area (Å²) in [6, 6.07) is 0. The smallest absolute Gasteiger partial charge is 0.138 e. The largest absolute Gasteiger partial charge is 0.314 e. The maximum Gasteiger partial charge on any atom is 0.138 e. The third-order valence-electron chi connectivity index (χ3n) is 2.80. The number of ketones is 1. The minimum Gasteiger partial charge on any atom is -0.314 e. The van der Waals surface area contributed by atoms with Gasteiger partial charge in [-0.2, -0.15) is 0 Å². The van der Waals surface area contributed by atoms with E-state index < -0.39 is 5.66 Å². The normalized spacial score (nSPS) is 12.9. The number of carbonyl (C=O) groups is 1. The molecule has 0 rings (SSSR count). The van der Waals surface area contributed by atoms with Crippen LogP contribution in [0.15, 0.2) is 0 Å². The van der Waals surface area contributed by atoms with Crippen molar-refractivity contribution in [3.63, 3.8) is 0 Å². The number of nitrogens with two attached hydrogens (primary N) is 2. The highest BCUT2D eigenvalue weighted by Gasteiger charge is 2.27. The van der Waals surface area contributed by atoms with E-state index in [1.54, 1.807) is 6.92 Å². The Morgan fingerprint density at radius 2 is 1.67 bits per heavy atom. The van der Waals surface area contributed by atoms with Gasteiger partial charge in [0.15, 0.2) is 0 Å². The van der Waals surface area contributed by atoms with E-state index in [4.69, 9.17) is 11.5 Å². The summed E-state index contributed by atoms with van der Waals surface area (Å²) in [5.41, 5.74) is 10.4.